The van der Waals surface area contributed by atoms with Crippen molar-refractivity contribution < 1.29 is 9.50 Å². The molecule has 2 fully saturated rings. The van der Waals surface area contributed by atoms with Crippen LogP contribution in [0.25, 0.3) is 0 Å². The molecule has 150 valence electrons. The van der Waals surface area contributed by atoms with Crippen molar-refractivity contribution in [2.75, 3.05) is 26.7 Å². The van der Waals surface area contributed by atoms with Gasteiger partial charge in [-0.3, -0.25) is 4.99 Å². The summed E-state index contributed by atoms with van der Waals surface area (Å²) in [6.45, 7) is 4.03. The van der Waals surface area contributed by atoms with Gasteiger partial charge in [0, 0.05) is 39.3 Å². The number of likely N-dealkylation sites (tertiary alicyclic amines) is 1. The van der Waals surface area contributed by atoms with Crippen molar-refractivity contribution in [2.45, 2.75) is 57.5 Å². The van der Waals surface area contributed by atoms with E-state index in [1.807, 2.05) is 0 Å². The Labute approximate surface area is 162 Å². The highest BCUT2D eigenvalue weighted by Crippen LogP contribution is 2.25. The fraction of sp³-hybridized carbons (Fsp3) is 0.667. The summed E-state index contributed by atoms with van der Waals surface area (Å²) in [4.78, 5) is 6.92. The lowest BCUT2D eigenvalue weighted by molar-refractivity contribution is 0.160. The summed E-state index contributed by atoms with van der Waals surface area (Å²) in [6, 6.07) is 4.86. The lowest BCUT2D eigenvalue weighted by atomic mass is 9.88. The van der Waals surface area contributed by atoms with Gasteiger partial charge in [-0.15, -0.1) is 0 Å². The van der Waals surface area contributed by atoms with Gasteiger partial charge in [0.2, 0.25) is 0 Å². The number of phenols is 1. The zero-order chi connectivity index (χ0) is 19.1. The fourth-order valence-corrected chi connectivity index (χ4v) is 4.23. The van der Waals surface area contributed by atoms with Gasteiger partial charge in [-0.1, -0.05) is 25.3 Å². The van der Waals surface area contributed by atoms with Crippen LogP contribution in [0, 0.1) is 11.7 Å². The second-order valence-electron chi connectivity index (χ2n) is 7.93. The maximum Gasteiger partial charge on any atom is 0.191 e. The smallest absolute Gasteiger partial charge is 0.191 e. The molecule has 1 saturated carbocycles. The molecule has 1 saturated heterocycles. The van der Waals surface area contributed by atoms with E-state index in [0.29, 0.717) is 12.6 Å². The van der Waals surface area contributed by atoms with Gasteiger partial charge in [0.1, 0.15) is 0 Å². The fourth-order valence-electron chi connectivity index (χ4n) is 4.23. The standard InChI is InChI=1S/C21H33FN4O/c1-23-21(24-14-17-7-8-20(27)19(22)13-17)25-18-9-11-26(12-10-18)15-16-5-3-2-4-6-16/h7-8,13,16,18,27H,2-6,9-12,14-15H2,1H3,(H2,23,24,25). The van der Waals surface area contributed by atoms with Crippen molar-refractivity contribution in [2.24, 2.45) is 10.9 Å². The van der Waals surface area contributed by atoms with E-state index in [0.717, 1.165) is 43.4 Å². The lowest BCUT2D eigenvalue weighted by Crippen LogP contribution is -2.49. The highest BCUT2D eigenvalue weighted by Gasteiger charge is 2.23. The summed E-state index contributed by atoms with van der Waals surface area (Å²) in [7, 11) is 1.75. The minimum atomic E-state index is -0.595. The third-order valence-electron chi connectivity index (χ3n) is 5.87. The van der Waals surface area contributed by atoms with E-state index in [1.165, 1.54) is 50.8 Å². The first-order valence-electron chi connectivity index (χ1n) is 10.3. The van der Waals surface area contributed by atoms with E-state index < -0.39 is 5.82 Å². The summed E-state index contributed by atoms with van der Waals surface area (Å²) < 4.78 is 13.4. The first kappa shape index (κ1) is 19.9. The van der Waals surface area contributed by atoms with Gasteiger partial charge in [-0.25, -0.2) is 4.39 Å². The number of benzene rings is 1. The third kappa shape index (κ3) is 6.09. The largest absolute Gasteiger partial charge is 0.505 e. The summed E-state index contributed by atoms with van der Waals surface area (Å²) in [5, 5.41) is 16.0. The minimum absolute atomic E-state index is 0.318. The van der Waals surface area contributed by atoms with Gasteiger partial charge in [-0.2, -0.15) is 0 Å². The maximum absolute atomic E-state index is 13.4. The van der Waals surface area contributed by atoms with Crippen LogP contribution in [0.1, 0.15) is 50.5 Å². The van der Waals surface area contributed by atoms with Crippen molar-refractivity contribution >= 4 is 5.96 Å². The van der Waals surface area contributed by atoms with Crippen LogP contribution >= 0.6 is 0 Å². The molecule has 1 aromatic rings. The van der Waals surface area contributed by atoms with Gasteiger partial charge in [0.25, 0.3) is 0 Å². The molecule has 1 aromatic carbocycles. The molecule has 0 amide bonds. The molecule has 3 rings (SSSR count). The first-order valence-corrected chi connectivity index (χ1v) is 10.3. The minimum Gasteiger partial charge on any atom is -0.505 e. The van der Waals surface area contributed by atoms with Crippen LogP contribution in [0.15, 0.2) is 23.2 Å². The molecule has 5 nitrogen and oxygen atoms in total. The molecule has 2 aliphatic rings. The SMILES string of the molecule is CN=C(NCc1ccc(O)c(F)c1)NC1CCN(CC2CCCCC2)CC1. The Morgan fingerprint density at radius 2 is 1.93 bits per heavy atom. The molecule has 0 aromatic heterocycles. The van der Waals surface area contributed by atoms with Crippen LogP contribution in [0.3, 0.4) is 0 Å². The molecular formula is C21H33FN4O. The number of aliphatic imine (C=N–C) groups is 1. The molecule has 0 unspecified atom stereocenters. The van der Waals surface area contributed by atoms with E-state index in [2.05, 4.69) is 20.5 Å². The summed E-state index contributed by atoms with van der Waals surface area (Å²) in [6.07, 6.45) is 9.32. The highest BCUT2D eigenvalue weighted by molar-refractivity contribution is 5.79. The lowest BCUT2D eigenvalue weighted by Gasteiger charge is -2.36. The molecule has 6 heteroatoms. The van der Waals surface area contributed by atoms with Crippen molar-refractivity contribution in [1.82, 2.24) is 15.5 Å². The number of halogens is 1. The Kier molecular flexibility index (Phi) is 7.33. The number of phenolic OH excluding ortho intramolecular Hbond substituents is 1. The Morgan fingerprint density at radius 3 is 2.59 bits per heavy atom. The van der Waals surface area contributed by atoms with Crippen LogP contribution in [0.5, 0.6) is 5.75 Å². The molecule has 0 spiro atoms. The van der Waals surface area contributed by atoms with Gasteiger partial charge in [-0.05, 0) is 49.3 Å². The van der Waals surface area contributed by atoms with Gasteiger partial charge < -0.3 is 20.6 Å². The second-order valence-corrected chi connectivity index (χ2v) is 7.93. The van der Waals surface area contributed by atoms with Crippen LogP contribution in [-0.2, 0) is 6.54 Å². The molecule has 1 aliphatic carbocycles. The van der Waals surface area contributed by atoms with Crippen molar-refractivity contribution in [3.8, 4) is 5.75 Å². The van der Waals surface area contributed by atoms with E-state index in [1.54, 1.807) is 13.1 Å². The number of hydrogen-bond donors (Lipinski definition) is 3. The number of guanidine groups is 1. The predicted octanol–water partition coefficient (Wildman–Crippen LogP) is 3.24. The maximum atomic E-state index is 13.4. The number of piperidine rings is 1. The van der Waals surface area contributed by atoms with E-state index in [4.69, 9.17) is 0 Å². The van der Waals surface area contributed by atoms with Crippen LogP contribution in [-0.4, -0.2) is 48.7 Å². The number of rotatable bonds is 5. The Bertz CT molecular complexity index is 623. The van der Waals surface area contributed by atoms with Crippen LogP contribution in [0.4, 0.5) is 4.39 Å². The number of aromatic hydroxyl groups is 1. The zero-order valence-corrected chi connectivity index (χ0v) is 16.4. The summed E-state index contributed by atoms with van der Waals surface area (Å²) in [5.74, 6) is 0.737. The van der Waals surface area contributed by atoms with Crippen molar-refractivity contribution in [3.05, 3.63) is 29.6 Å². The molecule has 3 N–H and O–H groups in total. The van der Waals surface area contributed by atoms with E-state index >= 15 is 0 Å². The van der Waals surface area contributed by atoms with Gasteiger partial charge in [0.15, 0.2) is 17.5 Å². The molecule has 27 heavy (non-hydrogen) atoms. The van der Waals surface area contributed by atoms with E-state index in [9.17, 15) is 9.50 Å². The molecule has 1 aliphatic heterocycles. The average molecular weight is 377 g/mol. The predicted molar refractivity (Wildman–Crippen MR) is 107 cm³/mol. The van der Waals surface area contributed by atoms with Crippen LogP contribution < -0.4 is 10.6 Å². The highest BCUT2D eigenvalue weighted by atomic mass is 19.1. The summed E-state index contributed by atoms with van der Waals surface area (Å²) >= 11 is 0. The molecule has 0 radical (unpaired) electrons. The Balaban J connectivity index is 1.39. The molecule has 0 bridgehead atoms. The van der Waals surface area contributed by atoms with Gasteiger partial charge in [0.05, 0.1) is 0 Å². The molecule has 1 heterocycles. The summed E-state index contributed by atoms with van der Waals surface area (Å²) in [5.41, 5.74) is 0.774. The number of nitrogens with zero attached hydrogens (tertiary/aromatic N) is 2. The monoisotopic (exact) mass is 376 g/mol. The quantitative estimate of drug-likeness (QED) is 0.545. The number of hydrogen-bond acceptors (Lipinski definition) is 3. The number of nitrogens with one attached hydrogen (secondary N) is 2. The third-order valence-corrected chi connectivity index (χ3v) is 5.87. The van der Waals surface area contributed by atoms with Crippen molar-refractivity contribution in [1.29, 1.82) is 0 Å². The molecular weight excluding hydrogens is 343 g/mol. The second kappa shape index (κ2) is 9.93. The topological polar surface area (TPSA) is 59.9 Å². The van der Waals surface area contributed by atoms with Crippen molar-refractivity contribution in [3.63, 3.8) is 0 Å². The molecule has 0 atom stereocenters. The zero-order valence-electron chi connectivity index (χ0n) is 16.4. The Hall–Kier alpha value is -1.82. The van der Waals surface area contributed by atoms with Crippen LogP contribution in [0.2, 0.25) is 0 Å². The average Bonchev–Trinajstić information content (AvgIpc) is 2.70. The normalized spacial score (nSPS) is 20.6. The van der Waals surface area contributed by atoms with E-state index in [-0.39, 0.29) is 5.75 Å². The first-order chi connectivity index (χ1) is 13.1. The van der Waals surface area contributed by atoms with Gasteiger partial charge >= 0.3 is 0 Å². The Morgan fingerprint density at radius 1 is 1.19 bits per heavy atom.